The van der Waals surface area contributed by atoms with Crippen molar-refractivity contribution in [3.05, 3.63) is 89.8 Å². The van der Waals surface area contributed by atoms with Gasteiger partial charge in [0.15, 0.2) is 5.60 Å². The molecule has 0 saturated carbocycles. The van der Waals surface area contributed by atoms with Crippen LogP contribution in [0.2, 0.25) is 0 Å². The normalized spacial score (nSPS) is 13.2. The van der Waals surface area contributed by atoms with Crippen LogP contribution in [0.5, 0.6) is 0 Å². The van der Waals surface area contributed by atoms with Gasteiger partial charge in [0, 0.05) is 25.5 Å². The van der Waals surface area contributed by atoms with Crippen LogP contribution in [0.4, 0.5) is 4.39 Å². The molecule has 1 aromatic heterocycles. The SMILES string of the molecule is Cc1nccn1CCNC(=O)C(O)(c1ccccc1)c1ccc(F)cc1. The Morgan fingerprint density at radius 3 is 2.42 bits per heavy atom. The van der Waals surface area contributed by atoms with Gasteiger partial charge in [-0.2, -0.15) is 0 Å². The van der Waals surface area contributed by atoms with E-state index in [4.69, 9.17) is 0 Å². The summed E-state index contributed by atoms with van der Waals surface area (Å²) in [5, 5.41) is 14.0. The molecule has 0 fully saturated rings. The monoisotopic (exact) mass is 353 g/mol. The zero-order valence-electron chi connectivity index (χ0n) is 14.4. The van der Waals surface area contributed by atoms with Crippen LogP contribution in [-0.2, 0) is 16.9 Å². The second kappa shape index (κ2) is 7.49. The second-order valence-electron chi connectivity index (χ2n) is 6.01. The molecule has 0 aliphatic heterocycles. The third-order valence-corrected chi connectivity index (χ3v) is 4.34. The molecule has 2 N–H and O–H groups in total. The number of nitrogens with one attached hydrogen (secondary N) is 1. The molecule has 1 atom stereocenters. The van der Waals surface area contributed by atoms with Crippen molar-refractivity contribution in [1.82, 2.24) is 14.9 Å². The van der Waals surface area contributed by atoms with Crippen LogP contribution in [0.15, 0.2) is 67.0 Å². The van der Waals surface area contributed by atoms with Crippen molar-refractivity contribution in [2.75, 3.05) is 6.54 Å². The van der Waals surface area contributed by atoms with Gasteiger partial charge < -0.3 is 15.0 Å². The minimum atomic E-state index is -1.90. The van der Waals surface area contributed by atoms with Crippen molar-refractivity contribution < 1.29 is 14.3 Å². The Kier molecular flexibility index (Phi) is 5.14. The van der Waals surface area contributed by atoms with Crippen molar-refractivity contribution >= 4 is 5.91 Å². The first-order chi connectivity index (χ1) is 12.5. The van der Waals surface area contributed by atoms with Crippen molar-refractivity contribution in [3.8, 4) is 0 Å². The van der Waals surface area contributed by atoms with Crippen LogP contribution in [0.1, 0.15) is 17.0 Å². The lowest BCUT2D eigenvalue weighted by atomic mass is 9.85. The van der Waals surface area contributed by atoms with Crippen LogP contribution in [0, 0.1) is 12.7 Å². The fourth-order valence-electron chi connectivity index (χ4n) is 2.86. The van der Waals surface area contributed by atoms with Crippen LogP contribution in [0.3, 0.4) is 0 Å². The summed E-state index contributed by atoms with van der Waals surface area (Å²) in [6.45, 7) is 2.73. The number of halogens is 1. The first-order valence-corrected chi connectivity index (χ1v) is 8.32. The van der Waals surface area contributed by atoms with E-state index in [1.807, 2.05) is 17.7 Å². The van der Waals surface area contributed by atoms with Gasteiger partial charge in [0.2, 0.25) is 0 Å². The summed E-state index contributed by atoms with van der Waals surface area (Å²) in [6, 6.07) is 13.9. The Morgan fingerprint density at radius 2 is 1.81 bits per heavy atom. The van der Waals surface area contributed by atoms with E-state index in [0.717, 1.165) is 5.82 Å². The molecule has 5 nitrogen and oxygen atoms in total. The summed E-state index contributed by atoms with van der Waals surface area (Å²) in [6.07, 6.45) is 3.51. The quantitative estimate of drug-likeness (QED) is 0.715. The fraction of sp³-hybridized carbons (Fsp3) is 0.200. The fourth-order valence-corrected chi connectivity index (χ4v) is 2.86. The highest BCUT2D eigenvalue weighted by atomic mass is 19.1. The first kappa shape index (κ1) is 17.8. The number of aromatic nitrogens is 2. The van der Waals surface area contributed by atoms with E-state index in [1.165, 1.54) is 24.3 Å². The van der Waals surface area contributed by atoms with Gasteiger partial charge in [0.25, 0.3) is 5.91 Å². The molecular weight excluding hydrogens is 333 g/mol. The van der Waals surface area contributed by atoms with Gasteiger partial charge >= 0.3 is 0 Å². The molecule has 0 spiro atoms. The summed E-state index contributed by atoms with van der Waals surface area (Å²) >= 11 is 0. The number of nitrogens with zero attached hydrogens (tertiary/aromatic N) is 2. The molecule has 0 bridgehead atoms. The molecule has 26 heavy (non-hydrogen) atoms. The first-order valence-electron chi connectivity index (χ1n) is 8.32. The zero-order chi connectivity index (χ0) is 18.6. The van der Waals surface area contributed by atoms with E-state index in [1.54, 1.807) is 36.5 Å². The van der Waals surface area contributed by atoms with E-state index >= 15 is 0 Å². The number of carbonyl (C=O) groups excluding carboxylic acids is 1. The topological polar surface area (TPSA) is 67.2 Å². The lowest BCUT2D eigenvalue weighted by Gasteiger charge is -2.28. The van der Waals surface area contributed by atoms with Gasteiger partial charge in [-0.15, -0.1) is 0 Å². The van der Waals surface area contributed by atoms with E-state index in [2.05, 4.69) is 10.3 Å². The van der Waals surface area contributed by atoms with E-state index in [0.29, 0.717) is 24.2 Å². The second-order valence-corrected chi connectivity index (χ2v) is 6.01. The number of rotatable bonds is 6. The molecule has 3 aromatic rings. The Bertz CT molecular complexity index is 878. The summed E-state index contributed by atoms with van der Waals surface area (Å²) in [7, 11) is 0. The number of benzene rings is 2. The average molecular weight is 353 g/mol. The molecule has 3 rings (SSSR count). The van der Waals surface area contributed by atoms with Gasteiger partial charge in [-0.3, -0.25) is 4.79 Å². The Balaban J connectivity index is 1.84. The minimum Gasteiger partial charge on any atom is -0.372 e. The number of carbonyl (C=O) groups is 1. The van der Waals surface area contributed by atoms with Crippen molar-refractivity contribution in [2.24, 2.45) is 0 Å². The number of hydrogen-bond acceptors (Lipinski definition) is 3. The number of hydrogen-bond donors (Lipinski definition) is 2. The number of amides is 1. The van der Waals surface area contributed by atoms with Gasteiger partial charge in [-0.1, -0.05) is 42.5 Å². The minimum absolute atomic E-state index is 0.307. The number of imidazole rings is 1. The summed E-state index contributed by atoms with van der Waals surface area (Å²) in [5.41, 5.74) is -1.18. The molecule has 2 aromatic carbocycles. The lowest BCUT2D eigenvalue weighted by Crippen LogP contribution is -2.46. The predicted octanol–water partition coefficient (Wildman–Crippen LogP) is 2.38. The van der Waals surface area contributed by atoms with E-state index in [9.17, 15) is 14.3 Å². The third-order valence-electron chi connectivity index (χ3n) is 4.34. The van der Waals surface area contributed by atoms with Crippen LogP contribution >= 0.6 is 0 Å². The van der Waals surface area contributed by atoms with E-state index < -0.39 is 17.3 Å². The molecule has 6 heteroatoms. The van der Waals surface area contributed by atoms with Gasteiger partial charge in [0.05, 0.1) is 0 Å². The van der Waals surface area contributed by atoms with Crippen LogP contribution in [0.25, 0.3) is 0 Å². The molecule has 0 radical (unpaired) electrons. The predicted molar refractivity (Wildman–Crippen MR) is 95.8 cm³/mol. The average Bonchev–Trinajstić information content (AvgIpc) is 3.07. The Hall–Kier alpha value is -2.99. The largest absolute Gasteiger partial charge is 0.372 e. The standard InChI is InChI=1S/C20H20FN3O2/c1-15-22-11-13-24(15)14-12-23-19(25)20(26,16-5-3-2-4-6-16)17-7-9-18(21)10-8-17/h2-11,13,26H,12,14H2,1H3,(H,23,25). The highest BCUT2D eigenvalue weighted by Gasteiger charge is 2.39. The molecular formula is C20H20FN3O2. The highest BCUT2D eigenvalue weighted by molar-refractivity contribution is 5.90. The van der Waals surface area contributed by atoms with Crippen molar-refractivity contribution in [1.29, 1.82) is 0 Å². The number of aryl methyl sites for hydroxylation is 1. The van der Waals surface area contributed by atoms with Gasteiger partial charge in [-0.25, -0.2) is 9.37 Å². The molecule has 0 saturated heterocycles. The van der Waals surface area contributed by atoms with Gasteiger partial charge in [0.1, 0.15) is 11.6 Å². The zero-order valence-corrected chi connectivity index (χ0v) is 14.4. The number of aliphatic hydroxyl groups is 1. The molecule has 1 unspecified atom stereocenters. The summed E-state index contributed by atoms with van der Waals surface area (Å²) in [5.74, 6) is -0.149. The van der Waals surface area contributed by atoms with E-state index in [-0.39, 0.29) is 0 Å². The van der Waals surface area contributed by atoms with Crippen molar-refractivity contribution in [2.45, 2.75) is 19.1 Å². The Morgan fingerprint density at radius 1 is 1.15 bits per heavy atom. The molecule has 0 aliphatic rings. The van der Waals surface area contributed by atoms with Crippen LogP contribution in [-0.4, -0.2) is 27.1 Å². The third kappa shape index (κ3) is 3.50. The van der Waals surface area contributed by atoms with Gasteiger partial charge in [-0.05, 0) is 30.2 Å². The smallest absolute Gasteiger partial charge is 0.261 e. The lowest BCUT2D eigenvalue weighted by molar-refractivity contribution is -0.136. The molecule has 1 amide bonds. The summed E-state index contributed by atoms with van der Waals surface area (Å²) in [4.78, 5) is 17.0. The maximum absolute atomic E-state index is 13.3. The Labute approximate surface area is 151 Å². The highest BCUT2D eigenvalue weighted by Crippen LogP contribution is 2.30. The van der Waals surface area contributed by atoms with Crippen molar-refractivity contribution in [3.63, 3.8) is 0 Å². The maximum atomic E-state index is 13.3. The summed E-state index contributed by atoms with van der Waals surface area (Å²) < 4.78 is 15.2. The molecule has 0 aliphatic carbocycles. The molecule has 134 valence electrons. The van der Waals surface area contributed by atoms with Crippen LogP contribution < -0.4 is 5.32 Å². The maximum Gasteiger partial charge on any atom is 0.261 e. The molecule has 1 heterocycles.